The number of hydrogen-bond acceptors (Lipinski definition) is 3. The highest BCUT2D eigenvalue weighted by Crippen LogP contribution is 2.53. The number of benzene rings is 2. The number of hydrogen-bond donors (Lipinski definition) is 2. The predicted octanol–water partition coefficient (Wildman–Crippen LogP) is 4.66. The lowest BCUT2D eigenvalue weighted by atomic mass is 9.53. The van der Waals surface area contributed by atoms with Crippen molar-refractivity contribution in [3.05, 3.63) is 59.7 Å². The number of carbonyl (C=O) groups is 2. The van der Waals surface area contributed by atoms with E-state index in [2.05, 4.69) is 29.6 Å². The maximum Gasteiger partial charge on any atom is 0.407 e. The van der Waals surface area contributed by atoms with E-state index in [1.54, 1.807) is 0 Å². The van der Waals surface area contributed by atoms with Crippen molar-refractivity contribution < 1.29 is 19.4 Å². The molecule has 3 atom stereocenters. The molecule has 2 aromatic rings. The van der Waals surface area contributed by atoms with Crippen molar-refractivity contribution in [1.29, 1.82) is 0 Å². The van der Waals surface area contributed by atoms with Gasteiger partial charge in [-0.15, -0.1) is 0 Å². The zero-order chi connectivity index (χ0) is 20.8. The molecule has 0 heterocycles. The Morgan fingerprint density at radius 1 is 1.10 bits per heavy atom. The van der Waals surface area contributed by atoms with Gasteiger partial charge in [-0.05, 0) is 46.9 Å². The molecule has 1 fully saturated rings. The van der Waals surface area contributed by atoms with Gasteiger partial charge < -0.3 is 15.2 Å². The van der Waals surface area contributed by atoms with Crippen LogP contribution in [0.5, 0.6) is 0 Å². The summed E-state index contributed by atoms with van der Waals surface area (Å²) in [5, 5.41) is 12.2. The molecule has 1 unspecified atom stereocenters. The summed E-state index contributed by atoms with van der Waals surface area (Å²) in [5.41, 5.74) is 4.41. The van der Waals surface area contributed by atoms with Gasteiger partial charge in [0.15, 0.2) is 0 Å². The second kappa shape index (κ2) is 7.21. The number of nitrogens with one attached hydrogen (secondary N) is 1. The third kappa shape index (κ3) is 3.28. The molecule has 0 spiro atoms. The normalized spacial score (nSPS) is 22.7. The topological polar surface area (TPSA) is 75.6 Å². The fraction of sp³-hybridized carbons (Fsp3) is 0.417. The molecule has 1 amide bonds. The number of carboxylic acid groups (broad SMARTS) is 1. The van der Waals surface area contributed by atoms with Crippen LogP contribution in [0.25, 0.3) is 11.1 Å². The van der Waals surface area contributed by atoms with Gasteiger partial charge >= 0.3 is 12.1 Å². The van der Waals surface area contributed by atoms with Gasteiger partial charge in [0, 0.05) is 12.0 Å². The summed E-state index contributed by atoms with van der Waals surface area (Å²) in [6.45, 7) is 6.11. The van der Waals surface area contributed by atoms with Gasteiger partial charge in [-0.1, -0.05) is 62.4 Å². The first-order valence-electron chi connectivity index (χ1n) is 10.1. The Morgan fingerprint density at radius 2 is 1.66 bits per heavy atom. The van der Waals surface area contributed by atoms with Crippen molar-refractivity contribution in [2.24, 2.45) is 17.3 Å². The second-order valence-electron chi connectivity index (χ2n) is 8.81. The van der Waals surface area contributed by atoms with Gasteiger partial charge in [0.05, 0.1) is 5.92 Å². The van der Waals surface area contributed by atoms with Crippen LogP contribution in [0.15, 0.2) is 48.5 Å². The summed E-state index contributed by atoms with van der Waals surface area (Å²) in [7, 11) is 0. The number of carboxylic acids is 1. The number of rotatable bonds is 5. The minimum atomic E-state index is -0.764. The molecule has 29 heavy (non-hydrogen) atoms. The summed E-state index contributed by atoms with van der Waals surface area (Å²) >= 11 is 0. The van der Waals surface area contributed by atoms with E-state index >= 15 is 0 Å². The number of ether oxygens (including phenoxy) is 1. The Balaban J connectivity index is 1.39. The maximum atomic E-state index is 12.5. The Labute approximate surface area is 171 Å². The minimum Gasteiger partial charge on any atom is -0.481 e. The number of fused-ring (bicyclic) bond motifs is 3. The fourth-order valence-corrected chi connectivity index (χ4v) is 5.15. The summed E-state index contributed by atoms with van der Waals surface area (Å²) in [6.07, 6.45) is 0.126. The van der Waals surface area contributed by atoms with Gasteiger partial charge in [0.2, 0.25) is 0 Å². The molecule has 0 radical (unpaired) electrons. The van der Waals surface area contributed by atoms with Crippen LogP contribution in [0.4, 0.5) is 4.79 Å². The van der Waals surface area contributed by atoms with E-state index in [0.717, 1.165) is 0 Å². The molecule has 4 rings (SSSR count). The first-order chi connectivity index (χ1) is 13.8. The van der Waals surface area contributed by atoms with Gasteiger partial charge in [0.25, 0.3) is 0 Å². The molecular formula is C24H27NO4. The van der Waals surface area contributed by atoms with E-state index in [0.29, 0.717) is 6.42 Å². The molecule has 2 aromatic carbocycles. The molecule has 5 heteroatoms. The number of aliphatic carboxylic acids is 1. The predicted molar refractivity (Wildman–Crippen MR) is 111 cm³/mol. The lowest BCUT2D eigenvalue weighted by Crippen LogP contribution is -2.56. The first kappa shape index (κ1) is 19.5. The highest BCUT2D eigenvalue weighted by atomic mass is 16.5. The van der Waals surface area contributed by atoms with Gasteiger partial charge in [0.1, 0.15) is 6.61 Å². The van der Waals surface area contributed by atoms with Gasteiger partial charge in [-0.25, -0.2) is 4.79 Å². The molecule has 1 saturated carbocycles. The third-order valence-electron chi connectivity index (χ3n) is 6.93. The summed E-state index contributed by atoms with van der Waals surface area (Å²) in [4.78, 5) is 23.8. The molecule has 2 N–H and O–H groups in total. The van der Waals surface area contributed by atoms with Crippen LogP contribution < -0.4 is 5.32 Å². The fourth-order valence-electron chi connectivity index (χ4n) is 5.15. The van der Waals surface area contributed by atoms with Gasteiger partial charge in [-0.2, -0.15) is 0 Å². The van der Waals surface area contributed by atoms with Crippen LogP contribution in [0, 0.1) is 17.3 Å². The zero-order valence-corrected chi connectivity index (χ0v) is 17.0. The summed E-state index contributed by atoms with van der Waals surface area (Å²) < 4.78 is 5.61. The number of carbonyl (C=O) groups excluding carboxylic acids is 1. The SMILES string of the molecule is CC(NC(=O)OCC1c2ccccc2-c2ccccc21)[C@H]1C[C@@H](C(=O)O)C1(C)C. The average molecular weight is 393 g/mol. The van der Waals surface area contributed by atoms with Crippen LogP contribution >= 0.6 is 0 Å². The van der Waals surface area contributed by atoms with Crippen molar-refractivity contribution in [3.63, 3.8) is 0 Å². The molecule has 0 bridgehead atoms. The Kier molecular flexibility index (Phi) is 4.85. The summed E-state index contributed by atoms with van der Waals surface area (Å²) in [6, 6.07) is 16.3. The van der Waals surface area contributed by atoms with Crippen molar-refractivity contribution in [2.75, 3.05) is 6.61 Å². The number of amides is 1. The van der Waals surface area contributed by atoms with E-state index in [1.165, 1.54) is 22.3 Å². The van der Waals surface area contributed by atoms with Gasteiger partial charge in [-0.3, -0.25) is 4.79 Å². The van der Waals surface area contributed by atoms with Crippen LogP contribution in [-0.4, -0.2) is 29.8 Å². The Morgan fingerprint density at radius 3 is 2.17 bits per heavy atom. The van der Waals surface area contributed by atoms with Crippen molar-refractivity contribution >= 4 is 12.1 Å². The van der Waals surface area contributed by atoms with Crippen molar-refractivity contribution in [3.8, 4) is 11.1 Å². The average Bonchev–Trinajstić information content (AvgIpc) is 2.99. The first-order valence-corrected chi connectivity index (χ1v) is 10.1. The van der Waals surface area contributed by atoms with Crippen molar-refractivity contribution in [2.45, 2.75) is 39.2 Å². The highest BCUT2D eigenvalue weighted by Gasteiger charge is 2.54. The monoisotopic (exact) mass is 393 g/mol. The maximum absolute atomic E-state index is 12.5. The van der Waals surface area contributed by atoms with Crippen LogP contribution in [-0.2, 0) is 9.53 Å². The van der Waals surface area contributed by atoms with E-state index in [1.807, 2.05) is 45.0 Å². The minimum absolute atomic E-state index is 0.0278. The van der Waals surface area contributed by atoms with Crippen LogP contribution in [0.3, 0.4) is 0 Å². The molecule has 0 saturated heterocycles. The zero-order valence-electron chi connectivity index (χ0n) is 17.0. The number of alkyl carbamates (subject to hydrolysis) is 1. The largest absolute Gasteiger partial charge is 0.481 e. The smallest absolute Gasteiger partial charge is 0.407 e. The molecule has 152 valence electrons. The Hall–Kier alpha value is -2.82. The van der Waals surface area contributed by atoms with Crippen molar-refractivity contribution in [1.82, 2.24) is 5.32 Å². The van der Waals surface area contributed by atoms with Crippen LogP contribution in [0.2, 0.25) is 0 Å². The van der Waals surface area contributed by atoms with E-state index in [-0.39, 0.29) is 35.8 Å². The van der Waals surface area contributed by atoms with E-state index in [9.17, 15) is 14.7 Å². The highest BCUT2D eigenvalue weighted by molar-refractivity contribution is 5.79. The molecule has 2 aliphatic carbocycles. The quantitative estimate of drug-likeness (QED) is 0.775. The lowest BCUT2D eigenvalue weighted by molar-refractivity contribution is -0.160. The van der Waals surface area contributed by atoms with E-state index < -0.39 is 12.1 Å². The lowest BCUT2D eigenvalue weighted by Gasteiger charge is -2.52. The third-order valence-corrected chi connectivity index (χ3v) is 6.93. The standard InChI is InChI=1S/C24H27NO4/c1-14(20-12-21(22(26)27)24(20,2)3)25-23(28)29-13-19-17-10-6-4-8-15(17)16-9-5-7-11-18(16)19/h4-11,14,19-21H,12-13H2,1-3H3,(H,25,28)(H,26,27)/t14?,20-,21+/m1/s1. The molecular weight excluding hydrogens is 366 g/mol. The molecule has 0 aliphatic heterocycles. The summed E-state index contributed by atoms with van der Waals surface area (Å²) in [5.74, 6) is -0.983. The molecule has 0 aromatic heterocycles. The molecule has 5 nitrogen and oxygen atoms in total. The van der Waals surface area contributed by atoms with E-state index in [4.69, 9.17) is 4.74 Å². The molecule has 2 aliphatic rings. The van der Waals surface area contributed by atoms with Crippen LogP contribution in [0.1, 0.15) is 44.2 Å². The Bertz CT molecular complexity index is 906. The second-order valence-corrected chi connectivity index (χ2v) is 8.81.